The van der Waals surface area contributed by atoms with Crippen LogP contribution in [0.3, 0.4) is 0 Å². The lowest BCUT2D eigenvalue weighted by Gasteiger charge is -2.35. The van der Waals surface area contributed by atoms with Crippen LogP contribution in [-0.2, 0) is 14.8 Å². The Kier molecular flexibility index (Phi) is 4.50. The molecule has 4 nitrogen and oxygen atoms in total. The van der Waals surface area contributed by atoms with Gasteiger partial charge in [-0.2, -0.15) is 0 Å². The number of ketones is 1. The molecule has 0 aromatic heterocycles. The highest BCUT2D eigenvalue weighted by Gasteiger charge is 2.67. The second-order valence-corrected chi connectivity index (χ2v) is 9.44. The van der Waals surface area contributed by atoms with Crippen LogP contribution in [-0.4, -0.2) is 26.5 Å². The molecule has 2 bridgehead atoms. The molecule has 134 valence electrons. The molecule has 0 spiro atoms. The van der Waals surface area contributed by atoms with E-state index in [4.69, 9.17) is 0 Å². The standard InChI is InChI=1S/C20H25NO3S/c1-4-12-21-25(23,24)14-20-11-10-17(19(20,2)3)16(18(20)22)13-15-8-6-5-7-9-15/h4-9,13,17,21H,1,10-12,14H2,2-3H3. The monoisotopic (exact) mass is 359 g/mol. The first-order valence-electron chi connectivity index (χ1n) is 8.63. The van der Waals surface area contributed by atoms with E-state index in [1.807, 2.05) is 50.3 Å². The molecule has 2 aliphatic rings. The lowest BCUT2D eigenvalue weighted by atomic mass is 9.70. The van der Waals surface area contributed by atoms with Gasteiger partial charge in [-0.25, -0.2) is 13.1 Å². The van der Waals surface area contributed by atoms with Crippen LogP contribution < -0.4 is 4.72 Å². The highest BCUT2D eigenvalue weighted by atomic mass is 32.2. The fourth-order valence-corrected chi connectivity index (χ4v) is 6.34. The average molecular weight is 359 g/mol. The smallest absolute Gasteiger partial charge is 0.212 e. The van der Waals surface area contributed by atoms with Gasteiger partial charge in [-0.3, -0.25) is 4.79 Å². The summed E-state index contributed by atoms with van der Waals surface area (Å²) in [5.74, 6) is -0.0427. The van der Waals surface area contributed by atoms with Crippen molar-refractivity contribution in [3.05, 3.63) is 54.1 Å². The maximum absolute atomic E-state index is 13.3. The number of benzene rings is 1. The van der Waals surface area contributed by atoms with Gasteiger partial charge >= 0.3 is 0 Å². The van der Waals surface area contributed by atoms with Gasteiger partial charge < -0.3 is 0 Å². The zero-order valence-electron chi connectivity index (χ0n) is 14.8. The lowest BCUT2D eigenvalue weighted by molar-refractivity contribution is -0.125. The molecule has 2 atom stereocenters. The number of rotatable bonds is 6. The van der Waals surface area contributed by atoms with Crippen molar-refractivity contribution in [3.63, 3.8) is 0 Å². The van der Waals surface area contributed by atoms with E-state index in [-0.39, 0.29) is 29.4 Å². The highest BCUT2D eigenvalue weighted by molar-refractivity contribution is 7.89. The van der Waals surface area contributed by atoms with Crippen LogP contribution in [0.25, 0.3) is 6.08 Å². The van der Waals surface area contributed by atoms with E-state index >= 15 is 0 Å². The number of fused-ring (bicyclic) bond motifs is 2. The molecule has 0 saturated heterocycles. The van der Waals surface area contributed by atoms with E-state index in [0.29, 0.717) is 6.42 Å². The predicted molar refractivity (Wildman–Crippen MR) is 100 cm³/mol. The summed E-state index contributed by atoms with van der Waals surface area (Å²) in [6, 6.07) is 9.75. The Morgan fingerprint density at radius 2 is 1.96 bits per heavy atom. The van der Waals surface area contributed by atoms with Crippen LogP contribution in [0.2, 0.25) is 0 Å². The van der Waals surface area contributed by atoms with Crippen molar-refractivity contribution < 1.29 is 13.2 Å². The minimum Gasteiger partial charge on any atom is -0.294 e. The van der Waals surface area contributed by atoms with Crippen LogP contribution >= 0.6 is 0 Å². The second-order valence-electron chi connectivity index (χ2n) is 7.63. The van der Waals surface area contributed by atoms with Crippen molar-refractivity contribution in [1.29, 1.82) is 0 Å². The summed E-state index contributed by atoms with van der Waals surface area (Å²) in [7, 11) is -3.54. The number of hydrogen-bond donors (Lipinski definition) is 1. The van der Waals surface area contributed by atoms with Gasteiger partial charge in [0.15, 0.2) is 5.78 Å². The SMILES string of the molecule is C=CCNS(=O)(=O)CC12CCC(C(=Cc3ccccc3)C1=O)C2(C)C. The lowest BCUT2D eigenvalue weighted by Crippen LogP contribution is -2.45. The molecule has 2 saturated carbocycles. The van der Waals surface area contributed by atoms with E-state index in [1.165, 1.54) is 6.08 Å². The molecule has 0 heterocycles. The van der Waals surface area contributed by atoms with Gasteiger partial charge in [0.25, 0.3) is 0 Å². The van der Waals surface area contributed by atoms with Crippen LogP contribution in [0.15, 0.2) is 48.6 Å². The number of nitrogens with one attached hydrogen (secondary N) is 1. The number of carbonyl (C=O) groups excluding carboxylic acids is 1. The fourth-order valence-electron chi connectivity index (χ4n) is 4.57. The molecule has 1 N–H and O–H groups in total. The van der Waals surface area contributed by atoms with E-state index in [1.54, 1.807) is 0 Å². The fraction of sp³-hybridized carbons (Fsp3) is 0.450. The zero-order valence-corrected chi connectivity index (χ0v) is 15.6. The first-order chi connectivity index (χ1) is 11.7. The zero-order chi connectivity index (χ0) is 18.3. The summed E-state index contributed by atoms with van der Waals surface area (Å²) in [4.78, 5) is 13.3. The van der Waals surface area contributed by atoms with Gasteiger partial charge in [0.2, 0.25) is 10.0 Å². The first kappa shape index (κ1) is 18.1. The second kappa shape index (κ2) is 6.22. The molecular weight excluding hydrogens is 334 g/mol. The Bertz CT molecular complexity index is 824. The molecular formula is C20H25NO3S. The van der Waals surface area contributed by atoms with Crippen molar-refractivity contribution in [2.75, 3.05) is 12.3 Å². The molecule has 0 radical (unpaired) electrons. The van der Waals surface area contributed by atoms with Crippen LogP contribution in [0, 0.1) is 16.7 Å². The molecule has 0 amide bonds. The van der Waals surface area contributed by atoms with Gasteiger partial charge in [-0.15, -0.1) is 6.58 Å². The molecule has 1 aromatic rings. The highest BCUT2D eigenvalue weighted by Crippen LogP contribution is 2.66. The molecule has 2 aliphatic carbocycles. The van der Waals surface area contributed by atoms with Crippen molar-refractivity contribution in [2.24, 2.45) is 16.7 Å². The van der Waals surface area contributed by atoms with E-state index in [0.717, 1.165) is 17.6 Å². The van der Waals surface area contributed by atoms with Crippen molar-refractivity contribution in [2.45, 2.75) is 26.7 Å². The molecule has 3 rings (SSSR count). The minimum atomic E-state index is -3.54. The third-order valence-electron chi connectivity index (χ3n) is 6.04. The number of allylic oxidation sites excluding steroid dienone is 1. The molecule has 1 aromatic carbocycles. The van der Waals surface area contributed by atoms with Crippen molar-refractivity contribution in [3.8, 4) is 0 Å². The number of Topliss-reactive ketones (excluding diaryl/α,β-unsaturated/α-hetero) is 1. The Balaban J connectivity index is 1.99. The van der Waals surface area contributed by atoms with Gasteiger partial charge in [0.05, 0.1) is 11.2 Å². The molecule has 25 heavy (non-hydrogen) atoms. The molecule has 0 aliphatic heterocycles. The maximum Gasteiger partial charge on any atom is 0.212 e. The third-order valence-corrected chi connectivity index (χ3v) is 7.52. The molecule has 5 heteroatoms. The van der Waals surface area contributed by atoms with Gasteiger partial charge in [-0.1, -0.05) is 50.3 Å². The number of sulfonamides is 1. The quantitative estimate of drug-likeness (QED) is 0.627. The summed E-state index contributed by atoms with van der Waals surface area (Å²) >= 11 is 0. The minimum absolute atomic E-state index is 0.00146. The van der Waals surface area contributed by atoms with Crippen LogP contribution in [0.5, 0.6) is 0 Å². The van der Waals surface area contributed by atoms with Crippen LogP contribution in [0.4, 0.5) is 0 Å². The van der Waals surface area contributed by atoms with E-state index in [9.17, 15) is 13.2 Å². The van der Waals surface area contributed by atoms with E-state index in [2.05, 4.69) is 11.3 Å². The number of hydrogen-bond acceptors (Lipinski definition) is 3. The van der Waals surface area contributed by atoms with Gasteiger partial charge in [0.1, 0.15) is 0 Å². The van der Waals surface area contributed by atoms with Crippen molar-refractivity contribution >= 4 is 21.9 Å². The summed E-state index contributed by atoms with van der Waals surface area (Å²) in [5.41, 5.74) is 0.553. The summed E-state index contributed by atoms with van der Waals surface area (Å²) in [5, 5.41) is 0. The first-order valence-corrected chi connectivity index (χ1v) is 10.3. The van der Waals surface area contributed by atoms with Gasteiger partial charge in [0, 0.05) is 12.1 Å². The number of carbonyl (C=O) groups is 1. The average Bonchev–Trinajstić information content (AvgIpc) is 2.89. The third kappa shape index (κ3) is 2.89. The van der Waals surface area contributed by atoms with E-state index < -0.39 is 15.4 Å². The van der Waals surface area contributed by atoms with Crippen molar-refractivity contribution in [1.82, 2.24) is 4.72 Å². The Morgan fingerprint density at radius 3 is 2.60 bits per heavy atom. The summed E-state index contributed by atoms with van der Waals surface area (Å²) in [6.07, 6.45) is 4.94. The summed E-state index contributed by atoms with van der Waals surface area (Å²) in [6.45, 7) is 7.80. The summed E-state index contributed by atoms with van der Waals surface area (Å²) < 4.78 is 27.5. The largest absolute Gasteiger partial charge is 0.294 e. The van der Waals surface area contributed by atoms with Crippen LogP contribution in [0.1, 0.15) is 32.3 Å². The predicted octanol–water partition coefficient (Wildman–Crippen LogP) is 3.18. The normalized spacial score (nSPS) is 29.3. The maximum atomic E-state index is 13.3. The Hall–Kier alpha value is -1.72. The Labute approximate surface area is 150 Å². The molecule has 2 fully saturated rings. The Morgan fingerprint density at radius 1 is 1.28 bits per heavy atom. The topological polar surface area (TPSA) is 63.2 Å². The van der Waals surface area contributed by atoms with Gasteiger partial charge in [-0.05, 0) is 35.8 Å². The molecule has 2 unspecified atom stereocenters.